The number of benzene rings is 4. The number of hydrogen-bond acceptors (Lipinski definition) is 19. The zero-order chi connectivity index (χ0) is 72.0. The molecule has 19 nitrogen and oxygen atoms in total. The van der Waals surface area contributed by atoms with Crippen molar-refractivity contribution < 1.29 is 90.1 Å². The molecule has 30 atom stereocenters. The fourth-order valence-corrected chi connectivity index (χ4v) is 15.7. The highest BCUT2D eigenvalue weighted by Gasteiger charge is 2.56. The third-order valence-electron chi connectivity index (χ3n) is 23.2. The van der Waals surface area contributed by atoms with Gasteiger partial charge in [0.15, 0.2) is 49.9 Å². The molecule has 4 aromatic carbocycles. The first kappa shape index (κ1) is 78.8. The van der Waals surface area contributed by atoms with E-state index >= 15 is 0 Å². The molecule has 0 aromatic heterocycles. The van der Waals surface area contributed by atoms with Gasteiger partial charge in [0.2, 0.25) is 0 Å². The van der Waals surface area contributed by atoms with Crippen LogP contribution >= 0.6 is 0 Å². The SMILES string of the molecule is CCC1O[C@@H](O[C@@H]2C(OCc3ccccc3)[C@H](O[C@@H]3C(COCc4ccccc4)O[C@@H](OCc4ccccc4)C(C)[C@H]3C)OC(CO[C@H]3OC(CC)[C@@H](C)[C@H](C)C3O[C@@H]3OC(CC)[C@@H](O[C@@H]4OC(COCc5ccccc5)[C@H](C)[C@H](C)C4OC(C)=O)[C@H](C)C3C)[C@H]2C)[C@@H](OC(C)=O)C(C)[C@H]1C. The average Bonchev–Trinajstić information content (AvgIpc) is 0.776. The number of carbonyl (C=O) groups excluding carboxylic acids is 2. The van der Waals surface area contributed by atoms with Crippen molar-refractivity contribution in [3.8, 4) is 0 Å². The number of hydrogen-bond donors (Lipinski definition) is 0. The van der Waals surface area contributed by atoms with Crippen LogP contribution < -0.4 is 0 Å². The van der Waals surface area contributed by atoms with Crippen LogP contribution in [-0.2, 0) is 117 Å². The smallest absolute Gasteiger partial charge is 0.303 e. The van der Waals surface area contributed by atoms with Gasteiger partial charge in [-0.2, -0.15) is 0 Å². The van der Waals surface area contributed by atoms with Crippen LogP contribution in [0.3, 0.4) is 0 Å². The second-order valence-corrected chi connectivity index (χ2v) is 29.9. The Hall–Kier alpha value is -4.78. The van der Waals surface area contributed by atoms with Crippen LogP contribution in [0.2, 0.25) is 0 Å². The average molecular weight is 1410 g/mol. The summed E-state index contributed by atoms with van der Waals surface area (Å²) in [4.78, 5) is 25.9. The van der Waals surface area contributed by atoms with Gasteiger partial charge in [-0.05, 0) is 77.0 Å². The van der Waals surface area contributed by atoms with E-state index in [0.717, 1.165) is 35.1 Å². The maximum absolute atomic E-state index is 13.1. The van der Waals surface area contributed by atoms with Gasteiger partial charge in [-0.1, -0.05) is 218 Å². The topological polar surface area (TPSA) is 191 Å². The molecule has 0 spiro atoms. The van der Waals surface area contributed by atoms with Crippen molar-refractivity contribution >= 4 is 11.9 Å². The molecule has 12 unspecified atom stereocenters. The van der Waals surface area contributed by atoms with E-state index < -0.39 is 117 Å². The van der Waals surface area contributed by atoms with Gasteiger partial charge in [-0.3, -0.25) is 9.59 Å². The summed E-state index contributed by atoms with van der Waals surface area (Å²) in [5.74, 6) is -2.04. The third-order valence-corrected chi connectivity index (χ3v) is 23.2. The van der Waals surface area contributed by atoms with Crippen molar-refractivity contribution in [1.82, 2.24) is 0 Å². The van der Waals surface area contributed by atoms with Gasteiger partial charge in [-0.25, -0.2) is 0 Å². The van der Waals surface area contributed by atoms with Crippen LogP contribution in [0.4, 0.5) is 0 Å². The summed E-state index contributed by atoms with van der Waals surface area (Å²) in [5.41, 5.74) is 4.07. The summed E-state index contributed by atoms with van der Waals surface area (Å²) in [6, 6.07) is 40.2. The molecule has 6 aliphatic rings. The van der Waals surface area contributed by atoms with E-state index in [4.69, 9.17) is 80.5 Å². The molecule has 101 heavy (non-hydrogen) atoms. The Labute approximate surface area is 601 Å². The van der Waals surface area contributed by atoms with E-state index in [1.807, 2.05) is 121 Å². The Morgan fingerprint density at radius 1 is 0.287 bits per heavy atom. The summed E-state index contributed by atoms with van der Waals surface area (Å²) < 4.78 is 118. The van der Waals surface area contributed by atoms with Crippen molar-refractivity contribution in [3.63, 3.8) is 0 Å². The molecule has 0 N–H and O–H groups in total. The van der Waals surface area contributed by atoms with Crippen LogP contribution in [0.15, 0.2) is 121 Å². The summed E-state index contributed by atoms with van der Waals surface area (Å²) in [6.07, 6.45) is -10.2. The van der Waals surface area contributed by atoms with E-state index in [-0.39, 0.29) is 97.3 Å². The Bertz CT molecular complexity index is 3080. The molecule has 4 aromatic rings. The second-order valence-electron chi connectivity index (χ2n) is 29.9. The minimum Gasteiger partial charge on any atom is -0.457 e. The Kier molecular flexibility index (Phi) is 29.2. The van der Waals surface area contributed by atoms with Gasteiger partial charge >= 0.3 is 11.9 Å². The monoisotopic (exact) mass is 1410 g/mol. The molecule has 0 bridgehead atoms. The van der Waals surface area contributed by atoms with Gasteiger partial charge in [0.25, 0.3) is 0 Å². The van der Waals surface area contributed by atoms with E-state index in [0.29, 0.717) is 32.8 Å². The minimum atomic E-state index is -1.10. The van der Waals surface area contributed by atoms with Gasteiger partial charge in [0.05, 0.1) is 95.1 Å². The van der Waals surface area contributed by atoms with Gasteiger partial charge in [0, 0.05) is 43.4 Å². The lowest BCUT2D eigenvalue weighted by Crippen LogP contribution is -2.63. The number of carbonyl (C=O) groups is 2. The van der Waals surface area contributed by atoms with Crippen molar-refractivity contribution in [1.29, 1.82) is 0 Å². The lowest BCUT2D eigenvalue weighted by molar-refractivity contribution is -0.380. The van der Waals surface area contributed by atoms with Crippen LogP contribution in [0.5, 0.6) is 0 Å². The molecule has 6 aliphatic heterocycles. The standard InChI is InChI=1S/C82H118O19/c1-17-64-47(4)50(7)73(101-78-56(13)54(11)70(66(19-3)94-78)98-81-75(91-59(16)84)52(9)49(6)67(95-81)44-85-40-60-32-24-20-25-33-60)79(92-64)89-46-68-57(14)72(100-80-74(90-58(15)83)51(8)48(5)65(18-2)93-80)76(87-42-62-36-28-22-29-37-62)82(96-68)99-71-53(10)55(12)77(88-43-63-38-30-23-31-39-63)97-69(71)45-86-41-61-34-26-21-27-35-61/h20-39,47-57,64-82H,17-19,40-46H2,1-16H3/t47-,48+,49+,50-,51?,52-,53+,54+,55?,56?,57+,64?,65?,66?,67?,68?,69?,70-,71-,72-,73?,74-,75?,76?,77+,78-,79-,80-,81-,82-/m0/s1. The Morgan fingerprint density at radius 3 is 1.10 bits per heavy atom. The molecule has 19 heteroatoms. The largest absolute Gasteiger partial charge is 0.457 e. The molecule has 6 saturated heterocycles. The molecule has 10 rings (SSSR count). The number of rotatable bonds is 30. The summed E-state index contributed by atoms with van der Waals surface area (Å²) in [7, 11) is 0. The van der Waals surface area contributed by atoms with Crippen molar-refractivity contribution in [3.05, 3.63) is 144 Å². The normalized spacial score (nSPS) is 39.1. The molecular formula is C82H118O19. The van der Waals surface area contributed by atoms with Gasteiger partial charge in [-0.15, -0.1) is 0 Å². The second kappa shape index (κ2) is 37.5. The molecular weight excluding hydrogens is 1290 g/mol. The zero-order valence-electron chi connectivity index (χ0n) is 62.7. The maximum Gasteiger partial charge on any atom is 0.303 e. The highest BCUT2D eigenvalue weighted by Crippen LogP contribution is 2.46. The van der Waals surface area contributed by atoms with E-state index in [2.05, 4.69) is 96.9 Å². The first-order chi connectivity index (χ1) is 48.7. The fraction of sp³-hybridized carbons (Fsp3) is 0.683. The van der Waals surface area contributed by atoms with E-state index in [9.17, 15) is 9.59 Å². The third kappa shape index (κ3) is 19.8. The number of ether oxygens (including phenoxy) is 17. The summed E-state index contributed by atoms with van der Waals surface area (Å²) in [5, 5.41) is 0. The predicted octanol–water partition coefficient (Wildman–Crippen LogP) is 14.2. The fourth-order valence-electron chi connectivity index (χ4n) is 15.7. The quantitative estimate of drug-likeness (QED) is 0.0447. The highest BCUT2D eigenvalue weighted by molar-refractivity contribution is 5.66. The van der Waals surface area contributed by atoms with Crippen LogP contribution in [-0.4, -0.2) is 149 Å². The van der Waals surface area contributed by atoms with E-state index in [1.165, 1.54) is 13.8 Å². The maximum atomic E-state index is 13.1. The summed E-state index contributed by atoms with van der Waals surface area (Å²) >= 11 is 0. The minimum absolute atomic E-state index is 0.000937. The van der Waals surface area contributed by atoms with Crippen LogP contribution in [0.25, 0.3) is 0 Å². The molecule has 0 amide bonds. The molecule has 0 aliphatic carbocycles. The molecule has 6 heterocycles. The highest BCUT2D eigenvalue weighted by atomic mass is 16.8. The molecule has 0 radical (unpaired) electrons. The number of esters is 2. The predicted molar refractivity (Wildman–Crippen MR) is 379 cm³/mol. The van der Waals surface area contributed by atoms with Crippen LogP contribution in [0.1, 0.15) is 152 Å². The molecule has 6 fully saturated rings. The van der Waals surface area contributed by atoms with Crippen LogP contribution in [0, 0.1) is 65.1 Å². The lowest BCUT2D eigenvalue weighted by atomic mass is 9.81. The lowest BCUT2D eigenvalue weighted by Gasteiger charge is -2.52. The zero-order valence-corrected chi connectivity index (χ0v) is 62.7. The Morgan fingerprint density at radius 2 is 0.624 bits per heavy atom. The summed E-state index contributed by atoms with van der Waals surface area (Å²) in [6.45, 7) is 34.6. The van der Waals surface area contributed by atoms with Crippen molar-refractivity contribution in [2.45, 2.75) is 274 Å². The first-order valence-electron chi connectivity index (χ1n) is 37.7. The van der Waals surface area contributed by atoms with Gasteiger partial charge < -0.3 is 80.5 Å². The van der Waals surface area contributed by atoms with E-state index in [1.54, 1.807) is 0 Å². The Balaban J connectivity index is 0.937. The van der Waals surface area contributed by atoms with Crippen molar-refractivity contribution in [2.75, 3.05) is 19.8 Å². The van der Waals surface area contributed by atoms with Gasteiger partial charge in [0.1, 0.15) is 18.3 Å². The first-order valence-corrected chi connectivity index (χ1v) is 37.7. The molecule has 560 valence electrons. The van der Waals surface area contributed by atoms with Crippen molar-refractivity contribution in [2.24, 2.45) is 65.1 Å². The molecule has 0 saturated carbocycles.